The maximum atomic E-state index is 12.2. The fraction of sp³-hybridized carbons (Fsp3) is 0.278. The number of fused-ring (bicyclic) bond motifs is 1. The summed E-state index contributed by atoms with van der Waals surface area (Å²) in [4.78, 5) is 24.8. The molecule has 7 heteroatoms. The minimum Gasteiger partial charge on any atom is -0.387 e. The van der Waals surface area contributed by atoms with E-state index < -0.39 is 16.9 Å². The summed E-state index contributed by atoms with van der Waals surface area (Å²) in [5.74, 6) is -0.577. The molecule has 0 radical (unpaired) electrons. The van der Waals surface area contributed by atoms with E-state index in [2.05, 4.69) is 10.2 Å². The van der Waals surface area contributed by atoms with Crippen LogP contribution in [-0.4, -0.2) is 36.1 Å². The molecule has 1 aliphatic rings. The highest BCUT2D eigenvalue weighted by molar-refractivity contribution is 5.98. The number of likely N-dealkylation sites (N-methyl/N-ethyl adjacent to an activating group) is 1. The van der Waals surface area contributed by atoms with Crippen molar-refractivity contribution in [1.82, 2.24) is 5.32 Å². The van der Waals surface area contributed by atoms with Gasteiger partial charge in [-0.1, -0.05) is 24.3 Å². The fourth-order valence-corrected chi connectivity index (χ4v) is 3.02. The molecule has 0 spiro atoms. The van der Waals surface area contributed by atoms with Gasteiger partial charge in [0.25, 0.3) is 11.6 Å². The number of nitrogens with one attached hydrogen (secondary N) is 1. The van der Waals surface area contributed by atoms with Crippen LogP contribution in [0.3, 0.4) is 0 Å². The maximum absolute atomic E-state index is 12.2. The van der Waals surface area contributed by atoms with Gasteiger partial charge in [0.05, 0.1) is 11.0 Å². The molecule has 0 saturated heterocycles. The van der Waals surface area contributed by atoms with Crippen LogP contribution in [0.4, 0.5) is 11.4 Å². The van der Waals surface area contributed by atoms with Crippen LogP contribution in [0, 0.1) is 10.1 Å². The monoisotopic (exact) mass is 341 g/mol. The van der Waals surface area contributed by atoms with E-state index in [-0.39, 0.29) is 17.8 Å². The molecule has 25 heavy (non-hydrogen) atoms. The van der Waals surface area contributed by atoms with Gasteiger partial charge in [-0.25, -0.2) is 0 Å². The summed E-state index contributed by atoms with van der Waals surface area (Å²) in [6.45, 7) is 0.933. The Hall–Kier alpha value is -2.93. The Morgan fingerprint density at radius 2 is 2.12 bits per heavy atom. The fourth-order valence-electron chi connectivity index (χ4n) is 3.02. The molecule has 0 aliphatic carbocycles. The molecule has 1 amide bonds. The first kappa shape index (κ1) is 16.9. The third-order valence-corrected chi connectivity index (χ3v) is 4.42. The van der Waals surface area contributed by atoms with Crippen molar-refractivity contribution in [3.05, 3.63) is 69.3 Å². The van der Waals surface area contributed by atoms with E-state index in [1.807, 2.05) is 25.2 Å². The Bertz CT molecular complexity index is 822. The summed E-state index contributed by atoms with van der Waals surface area (Å²) in [5, 5.41) is 23.9. The van der Waals surface area contributed by atoms with Crippen LogP contribution in [0.2, 0.25) is 0 Å². The molecule has 2 N–H and O–H groups in total. The van der Waals surface area contributed by atoms with Crippen molar-refractivity contribution < 1.29 is 14.8 Å². The molecule has 1 atom stereocenters. The molecular formula is C18H19N3O4. The number of carbonyl (C=O) groups is 1. The van der Waals surface area contributed by atoms with Gasteiger partial charge >= 0.3 is 0 Å². The number of para-hydroxylation sites is 1. The average Bonchev–Trinajstić information content (AvgIpc) is 2.99. The third kappa shape index (κ3) is 3.46. The second-order valence-corrected chi connectivity index (χ2v) is 6.06. The van der Waals surface area contributed by atoms with Gasteiger partial charge in [0.1, 0.15) is 5.56 Å². The zero-order chi connectivity index (χ0) is 18.0. The number of aliphatic hydroxyl groups excluding tert-OH is 1. The van der Waals surface area contributed by atoms with Crippen LogP contribution in [0.1, 0.15) is 27.6 Å². The number of benzene rings is 2. The summed E-state index contributed by atoms with van der Waals surface area (Å²) < 4.78 is 0. The lowest BCUT2D eigenvalue weighted by Gasteiger charge is -2.15. The summed E-state index contributed by atoms with van der Waals surface area (Å²) in [7, 11) is 2.02. The van der Waals surface area contributed by atoms with Gasteiger partial charge in [-0.2, -0.15) is 0 Å². The molecule has 3 rings (SSSR count). The first-order chi connectivity index (χ1) is 12.0. The van der Waals surface area contributed by atoms with E-state index in [1.54, 1.807) is 6.07 Å². The summed E-state index contributed by atoms with van der Waals surface area (Å²) in [6, 6.07) is 11.5. The number of hydrogen-bond donors (Lipinski definition) is 2. The van der Waals surface area contributed by atoms with Crippen LogP contribution < -0.4 is 10.2 Å². The number of hydrogen-bond acceptors (Lipinski definition) is 5. The normalized spacial score (nSPS) is 14.1. The maximum Gasteiger partial charge on any atom is 0.282 e. The van der Waals surface area contributed by atoms with Crippen LogP contribution in [0.5, 0.6) is 0 Å². The second kappa shape index (κ2) is 6.90. The lowest BCUT2D eigenvalue weighted by molar-refractivity contribution is -0.385. The largest absolute Gasteiger partial charge is 0.387 e. The van der Waals surface area contributed by atoms with E-state index in [0.29, 0.717) is 0 Å². The highest BCUT2D eigenvalue weighted by Gasteiger charge is 2.21. The van der Waals surface area contributed by atoms with Gasteiger partial charge in [-0.15, -0.1) is 0 Å². The number of rotatable bonds is 5. The van der Waals surface area contributed by atoms with Crippen LogP contribution >= 0.6 is 0 Å². The Kier molecular flexibility index (Phi) is 4.67. The van der Waals surface area contributed by atoms with Gasteiger partial charge in [-0.3, -0.25) is 14.9 Å². The smallest absolute Gasteiger partial charge is 0.282 e. The molecule has 0 aromatic heterocycles. The average molecular weight is 341 g/mol. The first-order valence-corrected chi connectivity index (χ1v) is 8.01. The number of amides is 1. The third-order valence-electron chi connectivity index (χ3n) is 4.42. The van der Waals surface area contributed by atoms with Crippen molar-refractivity contribution in [2.75, 3.05) is 25.0 Å². The highest BCUT2D eigenvalue weighted by Crippen LogP contribution is 2.29. The predicted octanol–water partition coefficient (Wildman–Crippen LogP) is 2.05. The minimum absolute atomic E-state index is 0.0144. The van der Waals surface area contributed by atoms with E-state index in [1.165, 1.54) is 23.8 Å². The number of nitro groups is 1. The van der Waals surface area contributed by atoms with E-state index >= 15 is 0 Å². The van der Waals surface area contributed by atoms with Crippen LogP contribution in [0.25, 0.3) is 0 Å². The molecule has 130 valence electrons. The lowest BCUT2D eigenvalue weighted by Crippen LogP contribution is -2.29. The summed E-state index contributed by atoms with van der Waals surface area (Å²) in [6.07, 6.45) is 0.0533. The second-order valence-electron chi connectivity index (χ2n) is 6.06. The summed E-state index contributed by atoms with van der Waals surface area (Å²) in [5.41, 5.74) is 2.77. The number of carbonyl (C=O) groups excluding carboxylic acids is 1. The van der Waals surface area contributed by atoms with E-state index in [0.717, 1.165) is 24.2 Å². The SMILES string of the molecule is CN1CCc2cc(C(O)CNC(=O)c3ccccc3[N+](=O)[O-])ccc21. The highest BCUT2D eigenvalue weighted by atomic mass is 16.6. The van der Waals surface area contributed by atoms with Gasteiger partial charge in [-0.05, 0) is 29.7 Å². The van der Waals surface area contributed by atoms with Crippen molar-refractivity contribution in [1.29, 1.82) is 0 Å². The standard InChI is InChI=1S/C18H19N3O4/c1-20-9-8-12-10-13(6-7-15(12)20)17(22)11-19-18(23)14-4-2-3-5-16(14)21(24)25/h2-7,10,17,22H,8-9,11H2,1H3,(H,19,23). The van der Waals surface area contributed by atoms with Crippen LogP contribution in [-0.2, 0) is 6.42 Å². The molecule has 2 aromatic rings. The lowest BCUT2D eigenvalue weighted by atomic mass is 10.0. The van der Waals surface area contributed by atoms with Crippen molar-refractivity contribution in [3.8, 4) is 0 Å². The molecule has 0 fully saturated rings. The molecule has 0 bridgehead atoms. The van der Waals surface area contributed by atoms with Crippen molar-refractivity contribution in [2.45, 2.75) is 12.5 Å². The molecule has 2 aromatic carbocycles. The summed E-state index contributed by atoms with van der Waals surface area (Å²) >= 11 is 0. The zero-order valence-electron chi connectivity index (χ0n) is 13.8. The number of anilines is 1. The van der Waals surface area contributed by atoms with Crippen LogP contribution in [0.15, 0.2) is 42.5 Å². The minimum atomic E-state index is -0.872. The Balaban J connectivity index is 1.68. The number of aliphatic hydroxyl groups is 1. The van der Waals surface area contributed by atoms with Crippen molar-refractivity contribution >= 4 is 17.3 Å². The molecule has 7 nitrogen and oxygen atoms in total. The van der Waals surface area contributed by atoms with E-state index in [4.69, 9.17) is 0 Å². The molecule has 1 heterocycles. The topological polar surface area (TPSA) is 95.7 Å². The predicted molar refractivity (Wildman–Crippen MR) is 93.8 cm³/mol. The molecule has 0 saturated carbocycles. The number of nitro benzene ring substituents is 1. The van der Waals surface area contributed by atoms with Crippen molar-refractivity contribution in [2.24, 2.45) is 0 Å². The quantitative estimate of drug-likeness (QED) is 0.641. The Morgan fingerprint density at radius 3 is 2.88 bits per heavy atom. The zero-order valence-corrected chi connectivity index (χ0v) is 13.8. The Labute approximate surface area is 145 Å². The molecule has 1 unspecified atom stereocenters. The van der Waals surface area contributed by atoms with Gasteiger partial charge in [0.2, 0.25) is 0 Å². The van der Waals surface area contributed by atoms with E-state index in [9.17, 15) is 20.0 Å². The van der Waals surface area contributed by atoms with Gasteiger partial charge in [0.15, 0.2) is 0 Å². The first-order valence-electron chi connectivity index (χ1n) is 8.01. The molecule has 1 aliphatic heterocycles. The van der Waals surface area contributed by atoms with Gasteiger partial charge in [0, 0.05) is 31.9 Å². The number of nitrogens with zero attached hydrogens (tertiary/aromatic N) is 2. The van der Waals surface area contributed by atoms with Gasteiger partial charge < -0.3 is 15.3 Å². The Morgan fingerprint density at radius 1 is 1.36 bits per heavy atom. The van der Waals surface area contributed by atoms with Crippen molar-refractivity contribution in [3.63, 3.8) is 0 Å². The molecular weight excluding hydrogens is 322 g/mol.